The Morgan fingerprint density at radius 1 is 1.24 bits per heavy atom. The monoisotopic (exact) mass is 243 g/mol. The van der Waals surface area contributed by atoms with E-state index in [0.29, 0.717) is 5.92 Å². The molecule has 4 heteroatoms. The number of hydrogen-bond acceptors (Lipinski definition) is 4. The molecule has 100 valence electrons. The molecule has 1 atom stereocenters. The molecule has 17 heavy (non-hydrogen) atoms. The van der Waals surface area contributed by atoms with E-state index in [0.717, 1.165) is 52.4 Å². The summed E-state index contributed by atoms with van der Waals surface area (Å²) in [5.41, 5.74) is 0.0620. The van der Waals surface area contributed by atoms with Crippen LogP contribution in [-0.4, -0.2) is 63.2 Å². The van der Waals surface area contributed by atoms with E-state index in [1.165, 1.54) is 6.42 Å². The Morgan fingerprint density at radius 3 is 2.59 bits per heavy atom. The first kappa shape index (κ1) is 13.3. The van der Waals surface area contributed by atoms with Crippen LogP contribution in [0.1, 0.15) is 19.3 Å². The largest absolute Gasteiger partial charge is 0.396 e. The lowest BCUT2D eigenvalue weighted by atomic mass is 9.80. The van der Waals surface area contributed by atoms with E-state index in [4.69, 9.17) is 9.47 Å². The van der Waals surface area contributed by atoms with Gasteiger partial charge in [0, 0.05) is 38.3 Å². The highest BCUT2D eigenvalue weighted by Crippen LogP contribution is 2.31. The molecule has 2 fully saturated rings. The average Bonchev–Trinajstić information content (AvgIpc) is 2.83. The molecule has 0 bridgehead atoms. The van der Waals surface area contributed by atoms with Crippen molar-refractivity contribution in [1.29, 1.82) is 0 Å². The van der Waals surface area contributed by atoms with Crippen LogP contribution in [0.3, 0.4) is 0 Å². The molecule has 0 radical (unpaired) electrons. The highest BCUT2D eigenvalue weighted by Gasteiger charge is 2.33. The lowest BCUT2D eigenvalue weighted by Crippen LogP contribution is -2.43. The summed E-state index contributed by atoms with van der Waals surface area (Å²) in [6.45, 7) is 5.74. The molecule has 2 aliphatic rings. The van der Waals surface area contributed by atoms with Crippen LogP contribution in [0.25, 0.3) is 0 Å². The van der Waals surface area contributed by atoms with Crippen LogP contribution in [0.4, 0.5) is 0 Å². The first-order chi connectivity index (χ1) is 8.24. The third-order valence-electron chi connectivity index (χ3n) is 4.09. The Kier molecular flexibility index (Phi) is 4.79. The van der Waals surface area contributed by atoms with Gasteiger partial charge < -0.3 is 19.5 Å². The Labute approximate surface area is 104 Å². The molecule has 2 aliphatic heterocycles. The van der Waals surface area contributed by atoms with Gasteiger partial charge in [0.15, 0.2) is 0 Å². The predicted molar refractivity (Wildman–Crippen MR) is 66.0 cm³/mol. The molecule has 2 saturated heterocycles. The minimum Gasteiger partial charge on any atom is -0.396 e. The fourth-order valence-electron chi connectivity index (χ4n) is 2.98. The fourth-order valence-corrected chi connectivity index (χ4v) is 2.98. The zero-order chi connectivity index (χ0) is 12.1. The summed E-state index contributed by atoms with van der Waals surface area (Å²) in [7, 11) is 2.16. The molecule has 1 N–H and O–H groups in total. The van der Waals surface area contributed by atoms with Crippen LogP contribution >= 0.6 is 0 Å². The maximum absolute atomic E-state index is 9.64. The van der Waals surface area contributed by atoms with Gasteiger partial charge in [0.1, 0.15) is 0 Å². The van der Waals surface area contributed by atoms with Gasteiger partial charge in [0.2, 0.25) is 0 Å². The second-order valence-corrected chi connectivity index (χ2v) is 5.70. The third-order valence-corrected chi connectivity index (χ3v) is 4.09. The van der Waals surface area contributed by atoms with E-state index >= 15 is 0 Å². The van der Waals surface area contributed by atoms with Crippen LogP contribution in [0, 0.1) is 11.3 Å². The minimum absolute atomic E-state index is 0.0620. The smallest absolute Gasteiger partial charge is 0.0507 e. The number of rotatable bonds is 5. The van der Waals surface area contributed by atoms with Gasteiger partial charge in [-0.3, -0.25) is 0 Å². The molecule has 2 heterocycles. The number of aliphatic hydroxyl groups is 1. The molecular weight excluding hydrogens is 218 g/mol. The Balaban J connectivity index is 1.80. The molecule has 0 amide bonds. The molecule has 0 aliphatic carbocycles. The maximum Gasteiger partial charge on any atom is 0.0507 e. The standard InChI is InChI=1S/C13H25NO3/c1-14(8-12-2-5-17-9-12)10-13(11-15)3-6-16-7-4-13/h12,15H,2-11H2,1H3/t12-/m0/s1. The van der Waals surface area contributed by atoms with Gasteiger partial charge in [0.25, 0.3) is 0 Å². The lowest BCUT2D eigenvalue weighted by Gasteiger charge is -2.39. The molecule has 0 aromatic carbocycles. The molecule has 0 spiro atoms. The van der Waals surface area contributed by atoms with Gasteiger partial charge in [-0.2, -0.15) is 0 Å². The number of ether oxygens (including phenoxy) is 2. The molecule has 4 nitrogen and oxygen atoms in total. The quantitative estimate of drug-likeness (QED) is 0.773. The Bertz CT molecular complexity index is 223. The van der Waals surface area contributed by atoms with Gasteiger partial charge in [-0.25, -0.2) is 0 Å². The summed E-state index contributed by atoms with van der Waals surface area (Å²) in [5, 5.41) is 9.64. The van der Waals surface area contributed by atoms with Crippen LogP contribution in [-0.2, 0) is 9.47 Å². The van der Waals surface area contributed by atoms with Crippen molar-refractivity contribution in [2.45, 2.75) is 19.3 Å². The lowest BCUT2D eigenvalue weighted by molar-refractivity contribution is -0.0324. The summed E-state index contributed by atoms with van der Waals surface area (Å²) in [5.74, 6) is 0.676. The molecule has 0 aromatic heterocycles. The minimum atomic E-state index is 0.0620. The van der Waals surface area contributed by atoms with Crippen molar-refractivity contribution in [3.8, 4) is 0 Å². The van der Waals surface area contributed by atoms with Crippen LogP contribution < -0.4 is 0 Å². The molecule has 0 unspecified atom stereocenters. The fraction of sp³-hybridized carbons (Fsp3) is 1.00. The van der Waals surface area contributed by atoms with E-state index in [1.807, 2.05) is 0 Å². The second kappa shape index (κ2) is 6.14. The summed E-state index contributed by atoms with van der Waals surface area (Å²) in [6.07, 6.45) is 3.14. The van der Waals surface area contributed by atoms with Crippen molar-refractivity contribution in [2.24, 2.45) is 11.3 Å². The van der Waals surface area contributed by atoms with E-state index in [-0.39, 0.29) is 12.0 Å². The van der Waals surface area contributed by atoms with E-state index in [2.05, 4.69) is 11.9 Å². The zero-order valence-electron chi connectivity index (χ0n) is 10.9. The van der Waals surface area contributed by atoms with E-state index in [1.54, 1.807) is 0 Å². The van der Waals surface area contributed by atoms with Gasteiger partial charge >= 0.3 is 0 Å². The van der Waals surface area contributed by atoms with E-state index in [9.17, 15) is 5.11 Å². The molecule has 0 aromatic rings. The van der Waals surface area contributed by atoms with Crippen molar-refractivity contribution in [1.82, 2.24) is 4.90 Å². The number of aliphatic hydroxyl groups excluding tert-OH is 1. The Hall–Kier alpha value is -0.160. The topological polar surface area (TPSA) is 41.9 Å². The summed E-state index contributed by atoms with van der Waals surface area (Å²) >= 11 is 0. The molecular formula is C13H25NO3. The van der Waals surface area contributed by atoms with Gasteiger partial charge in [-0.05, 0) is 32.2 Å². The molecule has 0 saturated carbocycles. The van der Waals surface area contributed by atoms with Gasteiger partial charge in [-0.15, -0.1) is 0 Å². The van der Waals surface area contributed by atoms with Gasteiger partial charge in [-0.1, -0.05) is 0 Å². The summed E-state index contributed by atoms with van der Waals surface area (Å²) in [4.78, 5) is 2.36. The number of nitrogens with zero attached hydrogens (tertiary/aromatic N) is 1. The highest BCUT2D eigenvalue weighted by molar-refractivity contribution is 4.84. The third kappa shape index (κ3) is 3.65. The van der Waals surface area contributed by atoms with Crippen molar-refractivity contribution in [2.75, 3.05) is 53.2 Å². The van der Waals surface area contributed by atoms with Crippen LogP contribution in [0.15, 0.2) is 0 Å². The van der Waals surface area contributed by atoms with Crippen molar-refractivity contribution in [3.05, 3.63) is 0 Å². The van der Waals surface area contributed by atoms with E-state index < -0.39 is 0 Å². The van der Waals surface area contributed by atoms with Crippen LogP contribution in [0.5, 0.6) is 0 Å². The molecule has 2 rings (SSSR count). The normalized spacial score (nSPS) is 28.8. The Morgan fingerprint density at radius 2 is 2.00 bits per heavy atom. The van der Waals surface area contributed by atoms with Crippen molar-refractivity contribution < 1.29 is 14.6 Å². The maximum atomic E-state index is 9.64. The van der Waals surface area contributed by atoms with Crippen molar-refractivity contribution >= 4 is 0 Å². The number of hydrogen-bond donors (Lipinski definition) is 1. The first-order valence-corrected chi connectivity index (χ1v) is 6.69. The van der Waals surface area contributed by atoms with Crippen LogP contribution in [0.2, 0.25) is 0 Å². The van der Waals surface area contributed by atoms with Gasteiger partial charge in [0.05, 0.1) is 13.2 Å². The van der Waals surface area contributed by atoms with Crippen molar-refractivity contribution in [3.63, 3.8) is 0 Å². The SMILES string of the molecule is CN(C[C@@H]1CCOC1)CC1(CO)CCOCC1. The predicted octanol–water partition coefficient (Wildman–Crippen LogP) is 0.744. The summed E-state index contributed by atoms with van der Waals surface area (Å²) < 4.78 is 10.8. The highest BCUT2D eigenvalue weighted by atomic mass is 16.5. The zero-order valence-corrected chi connectivity index (χ0v) is 10.9. The summed E-state index contributed by atoms with van der Waals surface area (Å²) in [6, 6.07) is 0. The average molecular weight is 243 g/mol. The second-order valence-electron chi connectivity index (χ2n) is 5.70. The first-order valence-electron chi connectivity index (χ1n) is 6.69.